The van der Waals surface area contributed by atoms with E-state index in [4.69, 9.17) is 0 Å². The minimum absolute atomic E-state index is 0.221. The number of hydrogen-bond donors (Lipinski definition) is 0. The van der Waals surface area contributed by atoms with E-state index in [2.05, 4.69) is 26.2 Å². The zero-order valence-corrected chi connectivity index (χ0v) is 12.0. The number of para-hydroxylation sites is 1. The lowest BCUT2D eigenvalue weighted by Gasteiger charge is -1.96. The van der Waals surface area contributed by atoms with Crippen LogP contribution in [0.2, 0.25) is 0 Å². The molecule has 0 fully saturated rings. The number of hydrogen-bond acceptors (Lipinski definition) is 3. The van der Waals surface area contributed by atoms with E-state index >= 15 is 0 Å². The molecule has 1 aromatic heterocycles. The van der Waals surface area contributed by atoms with Crippen molar-refractivity contribution in [2.75, 3.05) is 0 Å². The van der Waals surface area contributed by atoms with Gasteiger partial charge >= 0.3 is 0 Å². The van der Waals surface area contributed by atoms with Crippen LogP contribution in [0.3, 0.4) is 0 Å². The lowest BCUT2D eigenvalue weighted by Crippen LogP contribution is -2.08. The van der Waals surface area contributed by atoms with Crippen molar-refractivity contribution in [3.8, 4) is 0 Å². The molecule has 0 aliphatic carbocycles. The molecule has 0 saturated heterocycles. The van der Waals surface area contributed by atoms with Gasteiger partial charge in [0.25, 0.3) is 5.91 Å². The second-order valence-corrected chi connectivity index (χ2v) is 5.13. The largest absolute Gasteiger partial charge is 0.272 e. The normalized spacial score (nSPS) is 11.2. The van der Waals surface area contributed by atoms with E-state index in [9.17, 15) is 4.79 Å². The summed E-state index contributed by atoms with van der Waals surface area (Å²) in [4.78, 5) is 12.1. The van der Waals surface area contributed by atoms with Crippen molar-refractivity contribution in [2.45, 2.75) is 0 Å². The molecule has 5 heteroatoms. The summed E-state index contributed by atoms with van der Waals surface area (Å²) in [6, 6.07) is 15.1. The molecule has 20 heavy (non-hydrogen) atoms. The summed E-state index contributed by atoms with van der Waals surface area (Å²) >= 11 is 3.37. The van der Waals surface area contributed by atoms with E-state index in [1.54, 1.807) is 6.08 Å². The zero-order valence-electron chi connectivity index (χ0n) is 10.4. The average molecular weight is 328 g/mol. The fourth-order valence-corrected chi connectivity index (χ4v) is 2.11. The summed E-state index contributed by atoms with van der Waals surface area (Å²) in [5.41, 5.74) is 2.36. The highest BCUT2D eigenvalue weighted by atomic mass is 79.9. The first kappa shape index (κ1) is 12.7. The molecule has 0 aliphatic rings. The maximum atomic E-state index is 12.1. The number of fused-ring (bicyclic) bond motifs is 1. The fourth-order valence-electron chi connectivity index (χ4n) is 1.84. The zero-order chi connectivity index (χ0) is 13.9. The number of aromatic nitrogens is 3. The van der Waals surface area contributed by atoms with E-state index in [-0.39, 0.29) is 5.91 Å². The van der Waals surface area contributed by atoms with E-state index < -0.39 is 0 Å². The minimum atomic E-state index is -0.221. The van der Waals surface area contributed by atoms with Crippen LogP contribution in [0.4, 0.5) is 0 Å². The number of carbonyl (C=O) groups excluding carboxylic acids is 1. The molecule has 0 aliphatic heterocycles. The van der Waals surface area contributed by atoms with Crippen LogP contribution in [0, 0.1) is 0 Å². The van der Waals surface area contributed by atoms with Gasteiger partial charge in [-0.25, -0.2) is 0 Å². The average Bonchev–Trinajstić information content (AvgIpc) is 2.90. The van der Waals surface area contributed by atoms with E-state index in [0.29, 0.717) is 11.0 Å². The van der Waals surface area contributed by atoms with Crippen LogP contribution in [0.5, 0.6) is 0 Å². The topological polar surface area (TPSA) is 47.8 Å². The Morgan fingerprint density at radius 1 is 1.10 bits per heavy atom. The van der Waals surface area contributed by atoms with Crippen LogP contribution in [0.25, 0.3) is 17.1 Å². The Morgan fingerprint density at radius 3 is 2.65 bits per heavy atom. The van der Waals surface area contributed by atoms with Gasteiger partial charge in [-0.3, -0.25) is 4.79 Å². The summed E-state index contributed by atoms with van der Waals surface area (Å²) in [6.07, 6.45) is 3.25. The molecule has 0 bridgehead atoms. The lowest BCUT2D eigenvalue weighted by atomic mass is 10.2. The maximum Gasteiger partial charge on any atom is 0.272 e. The number of halogens is 1. The third-order valence-corrected chi connectivity index (χ3v) is 3.38. The van der Waals surface area contributed by atoms with Crippen LogP contribution in [0.1, 0.15) is 10.4 Å². The van der Waals surface area contributed by atoms with Crippen molar-refractivity contribution < 1.29 is 4.79 Å². The number of allylic oxidation sites excluding steroid dienone is 1. The van der Waals surface area contributed by atoms with E-state index in [1.807, 2.05) is 48.5 Å². The highest BCUT2D eigenvalue weighted by molar-refractivity contribution is 9.10. The smallest absolute Gasteiger partial charge is 0.267 e. The first-order valence-electron chi connectivity index (χ1n) is 6.02. The summed E-state index contributed by atoms with van der Waals surface area (Å²) in [5.74, 6) is -0.221. The Kier molecular flexibility index (Phi) is 3.43. The fraction of sp³-hybridized carbons (Fsp3) is 0. The predicted octanol–water partition coefficient (Wildman–Crippen LogP) is 3.55. The second-order valence-electron chi connectivity index (χ2n) is 4.21. The highest BCUT2D eigenvalue weighted by Gasteiger charge is 2.08. The van der Waals surface area contributed by atoms with Gasteiger partial charge in [0.1, 0.15) is 5.52 Å². The number of benzene rings is 2. The highest BCUT2D eigenvalue weighted by Crippen LogP contribution is 2.12. The summed E-state index contributed by atoms with van der Waals surface area (Å²) in [7, 11) is 0. The molecule has 0 spiro atoms. The molecule has 1 heterocycles. The monoisotopic (exact) mass is 327 g/mol. The first-order chi connectivity index (χ1) is 9.74. The van der Waals surface area contributed by atoms with Gasteiger partial charge in [0, 0.05) is 10.5 Å². The van der Waals surface area contributed by atoms with Gasteiger partial charge in [-0.05, 0) is 35.9 Å². The second kappa shape index (κ2) is 5.38. The van der Waals surface area contributed by atoms with Crippen LogP contribution in [-0.4, -0.2) is 20.9 Å². The van der Waals surface area contributed by atoms with Crippen LogP contribution < -0.4 is 0 Å². The van der Waals surface area contributed by atoms with Gasteiger partial charge in [-0.15, -0.1) is 5.10 Å². The van der Waals surface area contributed by atoms with Crippen molar-refractivity contribution in [1.29, 1.82) is 0 Å². The van der Waals surface area contributed by atoms with Crippen LogP contribution in [0.15, 0.2) is 59.1 Å². The minimum Gasteiger partial charge on any atom is -0.267 e. The standard InChI is InChI=1S/C15H10BrN3O/c16-12-8-5-11(6-9-12)7-10-15(20)19-14-4-2-1-3-13(14)17-18-19/h1-10H. The molecule has 0 radical (unpaired) electrons. The van der Waals surface area contributed by atoms with Crippen molar-refractivity contribution in [2.24, 2.45) is 0 Å². The van der Waals surface area contributed by atoms with Gasteiger partial charge in [0.15, 0.2) is 0 Å². The molecule has 0 N–H and O–H groups in total. The molecular formula is C15H10BrN3O. The molecule has 0 atom stereocenters. The molecule has 3 aromatic rings. The molecule has 4 nitrogen and oxygen atoms in total. The van der Waals surface area contributed by atoms with Crippen LogP contribution >= 0.6 is 15.9 Å². The predicted molar refractivity (Wildman–Crippen MR) is 81.3 cm³/mol. The third kappa shape index (κ3) is 2.53. The van der Waals surface area contributed by atoms with Crippen molar-refractivity contribution in [3.63, 3.8) is 0 Å². The number of carbonyl (C=O) groups is 1. The third-order valence-electron chi connectivity index (χ3n) is 2.85. The van der Waals surface area contributed by atoms with Crippen molar-refractivity contribution in [3.05, 3.63) is 64.6 Å². The Bertz CT molecular complexity index is 790. The Labute approximate surface area is 123 Å². The molecule has 98 valence electrons. The number of rotatable bonds is 2. The number of nitrogens with zero attached hydrogens (tertiary/aromatic N) is 3. The molecule has 3 rings (SSSR count). The van der Waals surface area contributed by atoms with Gasteiger partial charge in [-0.1, -0.05) is 45.4 Å². The van der Waals surface area contributed by atoms with E-state index in [1.165, 1.54) is 10.8 Å². The Balaban J connectivity index is 1.87. The molecule has 0 unspecified atom stereocenters. The van der Waals surface area contributed by atoms with Gasteiger partial charge < -0.3 is 0 Å². The summed E-state index contributed by atoms with van der Waals surface area (Å²) in [6.45, 7) is 0. The Morgan fingerprint density at radius 2 is 1.85 bits per heavy atom. The van der Waals surface area contributed by atoms with Crippen molar-refractivity contribution >= 4 is 38.9 Å². The summed E-state index contributed by atoms with van der Waals surface area (Å²) in [5, 5.41) is 7.84. The SMILES string of the molecule is O=C(C=Cc1ccc(Br)cc1)n1nnc2ccccc21. The van der Waals surface area contributed by atoms with Gasteiger partial charge in [0.05, 0.1) is 5.52 Å². The lowest BCUT2D eigenvalue weighted by molar-refractivity contribution is 0.0958. The molecule has 2 aromatic carbocycles. The van der Waals surface area contributed by atoms with Crippen LogP contribution in [-0.2, 0) is 0 Å². The quantitative estimate of drug-likeness (QED) is 0.676. The van der Waals surface area contributed by atoms with E-state index in [0.717, 1.165) is 10.0 Å². The molecule has 0 saturated carbocycles. The maximum absolute atomic E-state index is 12.1. The van der Waals surface area contributed by atoms with Gasteiger partial charge in [-0.2, -0.15) is 4.68 Å². The summed E-state index contributed by atoms with van der Waals surface area (Å²) < 4.78 is 2.30. The molecular weight excluding hydrogens is 318 g/mol. The first-order valence-corrected chi connectivity index (χ1v) is 6.82. The Hall–Kier alpha value is -2.27. The van der Waals surface area contributed by atoms with Crippen molar-refractivity contribution in [1.82, 2.24) is 15.0 Å². The molecule has 0 amide bonds. The van der Waals surface area contributed by atoms with Gasteiger partial charge in [0.2, 0.25) is 0 Å².